The molecule has 0 bridgehead atoms. The molecule has 0 spiro atoms. The molecule has 0 aliphatic carbocycles. The normalized spacial score (nSPS) is 12.8. The number of carbonyl (C=O) groups is 1. The SMILES string of the molecule is COC(CNS(=O)(=O)c1ccccc1[N+](=O)[O-])C(=O)O. The van der Waals surface area contributed by atoms with Crippen LogP contribution in [0.3, 0.4) is 0 Å². The van der Waals surface area contributed by atoms with Gasteiger partial charge in [-0.25, -0.2) is 17.9 Å². The highest BCUT2D eigenvalue weighted by molar-refractivity contribution is 7.89. The van der Waals surface area contributed by atoms with Crippen molar-refractivity contribution < 1.29 is 28.0 Å². The number of sulfonamides is 1. The molecule has 1 unspecified atom stereocenters. The van der Waals surface area contributed by atoms with Crippen LogP contribution in [-0.4, -0.2) is 44.2 Å². The summed E-state index contributed by atoms with van der Waals surface area (Å²) in [7, 11) is -3.10. The standard InChI is InChI=1S/C10H12N2O7S/c1-19-8(10(13)14)6-11-20(17,18)9-5-3-2-4-7(9)12(15)16/h2-5,8,11H,6H2,1H3,(H,13,14). The van der Waals surface area contributed by atoms with E-state index in [1.165, 1.54) is 12.1 Å². The number of nitro benzene ring substituents is 1. The Labute approximate surface area is 114 Å². The summed E-state index contributed by atoms with van der Waals surface area (Å²) in [5.41, 5.74) is -0.593. The molecular weight excluding hydrogens is 292 g/mol. The maximum absolute atomic E-state index is 11.9. The lowest BCUT2D eigenvalue weighted by atomic mass is 10.3. The number of aliphatic carboxylic acids is 1. The molecule has 1 aromatic carbocycles. The van der Waals surface area contributed by atoms with Crippen LogP contribution in [0.25, 0.3) is 0 Å². The van der Waals surface area contributed by atoms with Gasteiger partial charge in [0.15, 0.2) is 11.0 Å². The van der Waals surface area contributed by atoms with Crippen molar-refractivity contribution in [3.8, 4) is 0 Å². The van der Waals surface area contributed by atoms with E-state index in [1.807, 2.05) is 4.72 Å². The van der Waals surface area contributed by atoms with Crippen LogP contribution in [0.4, 0.5) is 5.69 Å². The fourth-order valence-electron chi connectivity index (χ4n) is 1.37. The molecule has 0 saturated carbocycles. The first-order valence-electron chi connectivity index (χ1n) is 5.28. The van der Waals surface area contributed by atoms with E-state index < -0.39 is 44.1 Å². The van der Waals surface area contributed by atoms with E-state index >= 15 is 0 Å². The quantitative estimate of drug-likeness (QED) is 0.533. The van der Waals surface area contributed by atoms with Crippen molar-refractivity contribution in [1.82, 2.24) is 4.72 Å². The Kier molecular flexibility index (Phi) is 5.13. The summed E-state index contributed by atoms with van der Waals surface area (Å²) in [5.74, 6) is -1.35. The lowest BCUT2D eigenvalue weighted by Crippen LogP contribution is -2.37. The predicted octanol–water partition coefficient (Wildman–Crippen LogP) is -0.0273. The molecular formula is C10H12N2O7S. The third-order valence-electron chi connectivity index (χ3n) is 2.37. The van der Waals surface area contributed by atoms with E-state index in [0.717, 1.165) is 19.2 Å². The average molecular weight is 304 g/mol. The number of rotatable bonds is 7. The Morgan fingerprint density at radius 2 is 2.10 bits per heavy atom. The summed E-state index contributed by atoms with van der Waals surface area (Å²) in [6.45, 7) is -0.541. The Balaban J connectivity index is 3.01. The molecule has 1 rings (SSSR count). The number of benzene rings is 1. The molecule has 1 aromatic rings. The average Bonchev–Trinajstić information content (AvgIpc) is 2.38. The number of carboxylic acids is 1. The summed E-state index contributed by atoms with van der Waals surface area (Å²) in [6.07, 6.45) is -1.38. The number of nitrogens with one attached hydrogen (secondary N) is 1. The molecule has 0 amide bonds. The highest BCUT2D eigenvalue weighted by Crippen LogP contribution is 2.22. The van der Waals surface area contributed by atoms with Crippen LogP contribution >= 0.6 is 0 Å². The Morgan fingerprint density at radius 1 is 1.50 bits per heavy atom. The number of hydrogen-bond donors (Lipinski definition) is 2. The largest absolute Gasteiger partial charge is 0.479 e. The summed E-state index contributed by atoms with van der Waals surface area (Å²) in [6, 6.07) is 4.75. The van der Waals surface area contributed by atoms with Crippen LogP contribution in [0.2, 0.25) is 0 Å². The van der Waals surface area contributed by atoms with E-state index in [0.29, 0.717) is 0 Å². The minimum Gasteiger partial charge on any atom is -0.479 e. The second kappa shape index (κ2) is 6.41. The Bertz CT molecular complexity index is 614. The van der Waals surface area contributed by atoms with Gasteiger partial charge in [-0.1, -0.05) is 12.1 Å². The van der Waals surface area contributed by atoms with Crippen LogP contribution in [0, 0.1) is 10.1 Å². The maximum atomic E-state index is 11.9. The van der Waals surface area contributed by atoms with Crippen molar-refractivity contribution >= 4 is 21.7 Å². The fourth-order valence-corrected chi connectivity index (χ4v) is 2.57. The molecule has 0 heterocycles. The van der Waals surface area contributed by atoms with Gasteiger partial charge in [0.25, 0.3) is 5.69 Å². The molecule has 0 aliphatic rings. The van der Waals surface area contributed by atoms with Gasteiger partial charge in [-0.15, -0.1) is 0 Å². The smallest absolute Gasteiger partial charge is 0.334 e. The van der Waals surface area contributed by atoms with Gasteiger partial charge in [-0.05, 0) is 6.07 Å². The van der Waals surface area contributed by atoms with Crippen molar-refractivity contribution in [2.45, 2.75) is 11.0 Å². The van der Waals surface area contributed by atoms with Gasteiger partial charge < -0.3 is 9.84 Å². The van der Waals surface area contributed by atoms with E-state index in [-0.39, 0.29) is 0 Å². The van der Waals surface area contributed by atoms with E-state index in [9.17, 15) is 23.3 Å². The molecule has 110 valence electrons. The molecule has 1 atom stereocenters. The number of ether oxygens (including phenoxy) is 1. The van der Waals surface area contributed by atoms with Crippen molar-refractivity contribution in [2.24, 2.45) is 0 Å². The Morgan fingerprint density at radius 3 is 2.60 bits per heavy atom. The van der Waals surface area contributed by atoms with Gasteiger partial charge in [0, 0.05) is 19.7 Å². The molecule has 0 fully saturated rings. The molecule has 2 N–H and O–H groups in total. The molecule has 20 heavy (non-hydrogen) atoms. The van der Waals surface area contributed by atoms with E-state index in [2.05, 4.69) is 4.74 Å². The minimum absolute atomic E-state index is 0.537. The van der Waals surface area contributed by atoms with Crippen molar-refractivity contribution in [3.05, 3.63) is 34.4 Å². The number of para-hydroxylation sites is 1. The van der Waals surface area contributed by atoms with Gasteiger partial charge in [0.05, 0.1) is 4.92 Å². The summed E-state index contributed by atoms with van der Waals surface area (Å²) < 4.78 is 30.4. The summed E-state index contributed by atoms with van der Waals surface area (Å²) in [4.78, 5) is 20.1. The van der Waals surface area contributed by atoms with Gasteiger partial charge in [-0.2, -0.15) is 0 Å². The predicted molar refractivity (Wildman–Crippen MR) is 66.7 cm³/mol. The van der Waals surface area contributed by atoms with Crippen LogP contribution in [0.15, 0.2) is 29.2 Å². The van der Waals surface area contributed by atoms with Crippen molar-refractivity contribution in [3.63, 3.8) is 0 Å². The fraction of sp³-hybridized carbons (Fsp3) is 0.300. The molecule has 0 saturated heterocycles. The van der Waals surface area contributed by atoms with Crippen LogP contribution < -0.4 is 4.72 Å². The molecule has 0 radical (unpaired) electrons. The summed E-state index contributed by atoms with van der Waals surface area (Å²) >= 11 is 0. The third kappa shape index (κ3) is 3.73. The van der Waals surface area contributed by atoms with Gasteiger partial charge >= 0.3 is 5.97 Å². The van der Waals surface area contributed by atoms with E-state index in [1.54, 1.807) is 0 Å². The number of nitrogens with zero attached hydrogens (tertiary/aromatic N) is 1. The lowest BCUT2D eigenvalue weighted by Gasteiger charge is -2.12. The summed E-state index contributed by atoms with van der Waals surface area (Å²) in [5, 5.41) is 19.5. The minimum atomic E-state index is -4.21. The van der Waals surface area contributed by atoms with Gasteiger partial charge in [-0.3, -0.25) is 10.1 Å². The first-order chi connectivity index (χ1) is 9.29. The van der Waals surface area contributed by atoms with Gasteiger partial charge in [0.2, 0.25) is 10.0 Å². The van der Waals surface area contributed by atoms with Crippen LogP contribution in [0.5, 0.6) is 0 Å². The number of carboxylic acid groups (broad SMARTS) is 1. The molecule has 0 aromatic heterocycles. The molecule has 10 heteroatoms. The number of methoxy groups -OCH3 is 1. The zero-order valence-electron chi connectivity index (χ0n) is 10.3. The zero-order valence-corrected chi connectivity index (χ0v) is 11.2. The number of hydrogen-bond acceptors (Lipinski definition) is 6. The van der Waals surface area contributed by atoms with Gasteiger partial charge in [0.1, 0.15) is 0 Å². The van der Waals surface area contributed by atoms with Crippen molar-refractivity contribution in [2.75, 3.05) is 13.7 Å². The van der Waals surface area contributed by atoms with E-state index in [4.69, 9.17) is 5.11 Å². The topological polar surface area (TPSA) is 136 Å². The first kappa shape index (κ1) is 16.0. The first-order valence-corrected chi connectivity index (χ1v) is 6.76. The number of nitro groups is 1. The Hall–Kier alpha value is -2.04. The van der Waals surface area contributed by atoms with Crippen LogP contribution in [0.1, 0.15) is 0 Å². The second-order valence-electron chi connectivity index (χ2n) is 3.64. The second-order valence-corrected chi connectivity index (χ2v) is 5.37. The zero-order chi connectivity index (χ0) is 15.3. The molecule has 0 aliphatic heterocycles. The van der Waals surface area contributed by atoms with Crippen molar-refractivity contribution in [1.29, 1.82) is 0 Å². The molecule has 9 nitrogen and oxygen atoms in total. The lowest BCUT2D eigenvalue weighted by molar-refractivity contribution is -0.387. The highest BCUT2D eigenvalue weighted by Gasteiger charge is 2.27. The highest BCUT2D eigenvalue weighted by atomic mass is 32.2. The maximum Gasteiger partial charge on any atom is 0.334 e. The third-order valence-corrected chi connectivity index (χ3v) is 3.84. The monoisotopic (exact) mass is 304 g/mol. The van der Waals surface area contributed by atoms with Crippen LogP contribution in [-0.2, 0) is 19.6 Å².